The lowest BCUT2D eigenvalue weighted by atomic mass is 9.89. The van der Waals surface area contributed by atoms with Crippen molar-refractivity contribution in [3.63, 3.8) is 0 Å². The minimum atomic E-state index is -0.484. The third-order valence-electron chi connectivity index (χ3n) is 4.96. The maximum absolute atomic E-state index is 12.8. The van der Waals surface area contributed by atoms with Gasteiger partial charge in [-0.2, -0.15) is 5.10 Å². The third kappa shape index (κ3) is 4.14. The standard InChI is InChI=1S/C18H28N4O3/c1-18(2,3)25-17(24)21-11-8-13(12-21)15-6-4-5-10-22(15)16(23)14-7-9-19-20-14/h7,9,13,15H,4-6,8,10-12H2,1-3H3,(H,19,20). The first-order chi connectivity index (χ1) is 11.8. The summed E-state index contributed by atoms with van der Waals surface area (Å²) < 4.78 is 5.48. The second-order valence-electron chi connectivity index (χ2n) is 8.01. The molecule has 7 heteroatoms. The van der Waals surface area contributed by atoms with Gasteiger partial charge in [0.05, 0.1) is 0 Å². The quantitative estimate of drug-likeness (QED) is 0.891. The number of likely N-dealkylation sites (tertiary alicyclic amines) is 2. The van der Waals surface area contributed by atoms with Crippen molar-refractivity contribution in [1.29, 1.82) is 0 Å². The highest BCUT2D eigenvalue weighted by molar-refractivity contribution is 5.92. The number of carbonyl (C=O) groups is 2. The van der Waals surface area contributed by atoms with Crippen LogP contribution in [0, 0.1) is 5.92 Å². The molecule has 1 N–H and O–H groups in total. The van der Waals surface area contributed by atoms with Gasteiger partial charge in [-0.05, 0) is 58.4 Å². The average Bonchev–Trinajstić information content (AvgIpc) is 3.24. The monoisotopic (exact) mass is 348 g/mol. The van der Waals surface area contributed by atoms with Crippen LogP contribution in [-0.4, -0.2) is 63.3 Å². The van der Waals surface area contributed by atoms with Crippen molar-refractivity contribution in [3.8, 4) is 0 Å². The number of hydrogen-bond donors (Lipinski definition) is 1. The van der Waals surface area contributed by atoms with E-state index in [9.17, 15) is 9.59 Å². The van der Waals surface area contributed by atoms with Gasteiger partial charge in [-0.25, -0.2) is 4.79 Å². The number of aromatic nitrogens is 2. The minimum Gasteiger partial charge on any atom is -0.444 e. The smallest absolute Gasteiger partial charge is 0.410 e. The largest absolute Gasteiger partial charge is 0.444 e. The number of piperidine rings is 1. The van der Waals surface area contributed by atoms with Gasteiger partial charge >= 0.3 is 6.09 Å². The zero-order chi connectivity index (χ0) is 18.0. The number of H-pyrrole nitrogens is 1. The lowest BCUT2D eigenvalue weighted by Crippen LogP contribution is -2.48. The summed E-state index contributed by atoms with van der Waals surface area (Å²) in [7, 11) is 0. The lowest BCUT2D eigenvalue weighted by Gasteiger charge is -2.39. The van der Waals surface area contributed by atoms with E-state index in [0.29, 0.717) is 24.7 Å². The first kappa shape index (κ1) is 17.8. The number of hydrogen-bond acceptors (Lipinski definition) is 4. The molecule has 2 amide bonds. The van der Waals surface area contributed by atoms with E-state index in [1.807, 2.05) is 25.7 Å². The van der Waals surface area contributed by atoms with Crippen LogP contribution in [0.1, 0.15) is 56.9 Å². The van der Waals surface area contributed by atoms with Gasteiger partial charge in [-0.3, -0.25) is 9.89 Å². The average molecular weight is 348 g/mol. The molecule has 1 aromatic rings. The molecule has 2 fully saturated rings. The summed E-state index contributed by atoms with van der Waals surface area (Å²) in [6, 6.07) is 1.90. The van der Waals surface area contributed by atoms with Crippen LogP contribution < -0.4 is 0 Å². The third-order valence-corrected chi connectivity index (χ3v) is 4.96. The molecule has 2 aliphatic rings. The van der Waals surface area contributed by atoms with Crippen molar-refractivity contribution in [2.45, 2.75) is 58.1 Å². The minimum absolute atomic E-state index is 0.0120. The summed E-state index contributed by atoms with van der Waals surface area (Å²) in [6.45, 7) is 7.76. The van der Waals surface area contributed by atoms with Gasteiger partial charge in [0.15, 0.2) is 0 Å². The molecule has 2 saturated heterocycles. The van der Waals surface area contributed by atoms with E-state index < -0.39 is 5.60 Å². The molecule has 0 bridgehead atoms. The van der Waals surface area contributed by atoms with Crippen LogP contribution in [-0.2, 0) is 4.74 Å². The summed E-state index contributed by atoms with van der Waals surface area (Å²) in [5.74, 6) is 0.317. The highest BCUT2D eigenvalue weighted by Gasteiger charge is 2.39. The van der Waals surface area contributed by atoms with Crippen molar-refractivity contribution in [2.24, 2.45) is 5.92 Å². The molecule has 2 atom stereocenters. The van der Waals surface area contributed by atoms with Crippen LogP contribution in [0.25, 0.3) is 0 Å². The molecular weight excluding hydrogens is 320 g/mol. The molecule has 3 heterocycles. The van der Waals surface area contributed by atoms with Crippen LogP contribution in [0.15, 0.2) is 12.3 Å². The Morgan fingerprint density at radius 2 is 2.04 bits per heavy atom. The van der Waals surface area contributed by atoms with E-state index in [0.717, 1.165) is 32.2 Å². The SMILES string of the molecule is CC(C)(C)OC(=O)N1CCC(C2CCCCN2C(=O)c2ccn[nH]2)C1. The van der Waals surface area contributed by atoms with Crippen LogP contribution in [0.2, 0.25) is 0 Å². The predicted octanol–water partition coefficient (Wildman–Crippen LogP) is 2.66. The summed E-state index contributed by atoms with van der Waals surface area (Å²) in [5, 5.41) is 6.66. The summed E-state index contributed by atoms with van der Waals surface area (Å²) in [5.41, 5.74) is 0.0525. The Labute approximate surface area is 148 Å². The van der Waals surface area contributed by atoms with Crippen LogP contribution in [0.5, 0.6) is 0 Å². The maximum atomic E-state index is 12.8. The number of amides is 2. The molecule has 0 spiro atoms. The Kier molecular flexibility index (Phi) is 5.01. The van der Waals surface area contributed by atoms with Gasteiger partial charge in [0.1, 0.15) is 11.3 Å². The van der Waals surface area contributed by atoms with Crippen molar-refractivity contribution in [2.75, 3.05) is 19.6 Å². The van der Waals surface area contributed by atoms with Gasteiger partial charge in [0.2, 0.25) is 0 Å². The second-order valence-corrected chi connectivity index (χ2v) is 8.01. The Morgan fingerprint density at radius 1 is 1.24 bits per heavy atom. The van der Waals surface area contributed by atoms with E-state index in [1.54, 1.807) is 17.2 Å². The van der Waals surface area contributed by atoms with Gasteiger partial charge in [-0.1, -0.05) is 0 Å². The van der Waals surface area contributed by atoms with Gasteiger partial charge in [0.25, 0.3) is 5.91 Å². The van der Waals surface area contributed by atoms with Gasteiger partial charge in [0, 0.05) is 31.9 Å². The van der Waals surface area contributed by atoms with E-state index in [4.69, 9.17) is 4.74 Å². The molecule has 7 nitrogen and oxygen atoms in total. The van der Waals surface area contributed by atoms with E-state index in [1.165, 1.54) is 0 Å². The van der Waals surface area contributed by atoms with E-state index in [-0.39, 0.29) is 18.0 Å². The van der Waals surface area contributed by atoms with Crippen molar-refractivity contribution in [3.05, 3.63) is 18.0 Å². The zero-order valence-corrected chi connectivity index (χ0v) is 15.3. The van der Waals surface area contributed by atoms with Gasteiger partial charge in [-0.15, -0.1) is 0 Å². The van der Waals surface area contributed by atoms with Crippen molar-refractivity contribution >= 4 is 12.0 Å². The Bertz CT molecular complexity index is 608. The number of nitrogens with zero attached hydrogens (tertiary/aromatic N) is 3. The summed E-state index contributed by atoms with van der Waals surface area (Å²) >= 11 is 0. The van der Waals surface area contributed by atoms with E-state index in [2.05, 4.69) is 10.2 Å². The number of ether oxygens (including phenoxy) is 1. The maximum Gasteiger partial charge on any atom is 0.410 e. The highest BCUT2D eigenvalue weighted by Crippen LogP contribution is 2.31. The predicted molar refractivity (Wildman–Crippen MR) is 93.2 cm³/mol. The molecule has 2 aliphatic heterocycles. The molecule has 2 unspecified atom stereocenters. The Hall–Kier alpha value is -2.05. The fourth-order valence-corrected chi connectivity index (χ4v) is 3.82. The molecule has 25 heavy (non-hydrogen) atoms. The molecule has 0 saturated carbocycles. The fourth-order valence-electron chi connectivity index (χ4n) is 3.82. The number of rotatable bonds is 2. The lowest BCUT2D eigenvalue weighted by molar-refractivity contribution is 0.0269. The summed E-state index contributed by atoms with van der Waals surface area (Å²) in [4.78, 5) is 28.8. The summed E-state index contributed by atoms with van der Waals surface area (Å²) in [6.07, 6.45) is 5.41. The Balaban J connectivity index is 1.65. The van der Waals surface area contributed by atoms with Crippen molar-refractivity contribution in [1.82, 2.24) is 20.0 Å². The molecule has 138 valence electrons. The first-order valence-corrected chi connectivity index (χ1v) is 9.13. The highest BCUT2D eigenvalue weighted by atomic mass is 16.6. The first-order valence-electron chi connectivity index (χ1n) is 9.13. The molecule has 1 aromatic heterocycles. The number of aromatic amines is 1. The molecule has 0 radical (unpaired) electrons. The fraction of sp³-hybridized carbons (Fsp3) is 0.722. The Morgan fingerprint density at radius 3 is 2.72 bits per heavy atom. The zero-order valence-electron chi connectivity index (χ0n) is 15.3. The topological polar surface area (TPSA) is 78.5 Å². The van der Waals surface area contributed by atoms with Crippen molar-refractivity contribution < 1.29 is 14.3 Å². The van der Waals surface area contributed by atoms with E-state index >= 15 is 0 Å². The molecular formula is C18H28N4O3. The number of carbonyl (C=O) groups excluding carboxylic acids is 2. The van der Waals surface area contributed by atoms with Crippen LogP contribution in [0.3, 0.4) is 0 Å². The van der Waals surface area contributed by atoms with Crippen LogP contribution >= 0.6 is 0 Å². The molecule has 0 aromatic carbocycles. The van der Waals surface area contributed by atoms with Crippen LogP contribution in [0.4, 0.5) is 4.79 Å². The normalized spacial score (nSPS) is 24.4. The molecule has 3 rings (SSSR count). The van der Waals surface area contributed by atoms with Gasteiger partial charge < -0.3 is 14.5 Å². The second kappa shape index (κ2) is 7.06. The number of nitrogens with one attached hydrogen (secondary N) is 1. The molecule has 0 aliphatic carbocycles.